The summed E-state index contributed by atoms with van der Waals surface area (Å²) in [4.78, 5) is 11.2. The molecule has 0 aliphatic heterocycles. The molecule has 0 saturated heterocycles. The number of carbonyl (C=O) groups is 1. The van der Waals surface area contributed by atoms with E-state index >= 15 is 0 Å². The number of benzene rings is 2. The number of hydrogen-bond donors (Lipinski definition) is 1. The summed E-state index contributed by atoms with van der Waals surface area (Å²) in [6.07, 6.45) is 4.10. The van der Waals surface area contributed by atoms with Crippen LogP contribution in [-0.4, -0.2) is 18.2 Å². The molecule has 0 fully saturated rings. The second kappa shape index (κ2) is 5.44. The van der Waals surface area contributed by atoms with Crippen molar-refractivity contribution in [3.05, 3.63) is 70.8 Å². The van der Waals surface area contributed by atoms with Gasteiger partial charge in [0.05, 0.1) is 12.7 Å². The molecule has 1 aliphatic rings. The molecule has 0 amide bonds. The van der Waals surface area contributed by atoms with E-state index in [0.717, 1.165) is 35.3 Å². The molecule has 0 atom stereocenters. The van der Waals surface area contributed by atoms with Gasteiger partial charge in [-0.25, -0.2) is 4.79 Å². The summed E-state index contributed by atoms with van der Waals surface area (Å²) in [5.41, 5.74) is 4.73. The summed E-state index contributed by atoms with van der Waals surface area (Å²) < 4.78 is 5.18. The van der Waals surface area contributed by atoms with Crippen molar-refractivity contribution in [2.75, 3.05) is 7.11 Å². The van der Waals surface area contributed by atoms with Crippen molar-refractivity contribution in [1.29, 1.82) is 0 Å². The SMILES string of the molecule is COc1ccc(C2=CCCc3ccc(C(=O)O)cc32)cc1. The third kappa shape index (κ3) is 2.55. The molecule has 3 heteroatoms. The van der Waals surface area contributed by atoms with E-state index in [-0.39, 0.29) is 0 Å². The standard InChI is InChI=1S/C18H16O3/c1-21-15-9-7-13(8-10-15)16-4-2-3-12-5-6-14(18(19)20)11-17(12)16/h4-11H,2-3H2,1H3,(H,19,20). The van der Waals surface area contributed by atoms with Gasteiger partial charge in [0.2, 0.25) is 0 Å². The fraction of sp³-hybridized carbons (Fsp3) is 0.167. The summed E-state index contributed by atoms with van der Waals surface area (Å²) in [5.74, 6) is -0.0767. The quantitative estimate of drug-likeness (QED) is 0.931. The zero-order chi connectivity index (χ0) is 14.8. The predicted octanol–water partition coefficient (Wildman–Crippen LogP) is 3.77. The molecule has 2 aromatic carbocycles. The van der Waals surface area contributed by atoms with Gasteiger partial charge in [0.1, 0.15) is 5.75 Å². The smallest absolute Gasteiger partial charge is 0.335 e. The summed E-state index contributed by atoms with van der Waals surface area (Å²) in [5, 5.41) is 9.18. The molecule has 0 bridgehead atoms. The van der Waals surface area contributed by atoms with Gasteiger partial charge in [0.25, 0.3) is 0 Å². The van der Waals surface area contributed by atoms with E-state index in [1.807, 2.05) is 30.3 Å². The van der Waals surface area contributed by atoms with Crippen molar-refractivity contribution in [1.82, 2.24) is 0 Å². The Hall–Kier alpha value is -2.55. The zero-order valence-electron chi connectivity index (χ0n) is 11.8. The molecule has 0 aromatic heterocycles. The van der Waals surface area contributed by atoms with Crippen molar-refractivity contribution < 1.29 is 14.6 Å². The Bertz CT molecular complexity index is 712. The lowest BCUT2D eigenvalue weighted by atomic mass is 9.86. The van der Waals surface area contributed by atoms with Gasteiger partial charge in [0.15, 0.2) is 0 Å². The molecule has 0 heterocycles. The molecule has 21 heavy (non-hydrogen) atoms. The minimum absolute atomic E-state index is 0.329. The highest BCUT2D eigenvalue weighted by molar-refractivity contribution is 5.91. The van der Waals surface area contributed by atoms with Crippen LogP contribution in [-0.2, 0) is 6.42 Å². The van der Waals surface area contributed by atoms with Crippen LogP contribution in [0.5, 0.6) is 5.75 Å². The Labute approximate surface area is 123 Å². The number of aromatic carboxylic acids is 1. The number of hydrogen-bond acceptors (Lipinski definition) is 2. The summed E-state index contributed by atoms with van der Waals surface area (Å²) >= 11 is 0. The molecule has 0 unspecified atom stereocenters. The first kappa shape index (κ1) is 13.4. The molecule has 3 rings (SSSR count). The largest absolute Gasteiger partial charge is 0.497 e. The van der Waals surface area contributed by atoms with E-state index < -0.39 is 5.97 Å². The number of rotatable bonds is 3. The van der Waals surface area contributed by atoms with Crippen LogP contribution in [0.2, 0.25) is 0 Å². The van der Waals surface area contributed by atoms with Crippen molar-refractivity contribution in [2.24, 2.45) is 0 Å². The first-order valence-electron chi connectivity index (χ1n) is 6.90. The molecule has 1 aliphatic carbocycles. The average Bonchev–Trinajstić information content (AvgIpc) is 2.54. The molecular weight excluding hydrogens is 264 g/mol. The van der Waals surface area contributed by atoms with Crippen LogP contribution in [0.1, 0.15) is 33.5 Å². The highest BCUT2D eigenvalue weighted by Gasteiger charge is 2.16. The third-order valence-corrected chi connectivity index (χ3v) is 3.81. The van der Waals surface area contributed by atoms with Gasteiger partial charge in [-0.1, -0.05) is 24.3 Å². The Morgan fingerprint density at radius 1 is 1.14 bits per heavy atom. The zero-order valence-corrected chi connectivity index (χ0v) is 11.8. The van der Waals surface area contributed by atoms with Crippen LogP contribution in [0.15, 0.2) is 48.5 Å². The molecule has 0 radical (unpaired) electrons. The predicted molar refractivity (Wildman–Crippen MR) is 81.8 cm³/mol. The number of carboxylic acids is 1. The van der Waals surface area contributed by atoms with Crippen LogP contribution in [0, 0.1) is 0 Å². The van der Waals surface area contributed by atoms with Gasteiger partial charge in [-0.2, -0.15) is 0 Å². The van der Waals surface area contributed by atoms with Crippen molar-refractivity contribution >= 4 is 11.5 Å². The molecule has 0 spiro atoms. The van der Waals surface area contributed by atoms with E-state index in [9.17, 15) is 9.90 Å². The lowest BCUT2D eigenvalue weighted by Crippen LogP contribution is -2.04. The lowest BCUT2D eigenvalue weighted by Gasteiger charge is -2.19. The minimum Gasteiger partial charge on any atom is -0.497 e. The summed E-state index contributed by atoms with van der Waals surface area (Å²) in [6, 6.07) is 13.2. The highest BCUT2D eigenvalue weighted by Crippen LogP contribution is 2.33. The number of fused-ring (bicyclic) bond motifs is 1. The Balaban J connectivity index is 2.06. The van der Waals surface area contributed by atoms with Crippen LogP contribution < -0.4 is 4.74 Å². The summed E-state index contributed by atoms with van der Waals surface area (Å²) in [7, 11) is 1.64. The molecule has 106 valence electrons. The fourth-order valence-electron chi connectivity index (χ4n) is 2.70. The number of ether oxygens (including phenoxy) is 1. The number of carboxylic acid groups (broad SMARTS) is 1. The van der Waals surface area contributed by atoms with E-state index in [4.69, 9.17) is 4.74 Å². The molecule has 0 saturated carbocycles. The normalized spacial score (nSPS) is 13.3. The summed E-state index contributed by atoms with van der Waals surface area (Å²) in [6.45, 7) is 0. The average molecular weight is 280 g/mol. The first-order chi connectivity index (χ1) is 10.2. The Morgan fingerprint density at radius 3 is 2.57 bits per heavy atom. The maximum absolute atomic E-state index is 11.2. The van der Waals surface area contributed by atoms with E-state index in [0.29, 0.717) is 5.56 Å². The lowest BCUT2D eigenvalue weighted by molar-refractivity contribution is 0.0697. The van der Waals surface area contributed by atoms with Gasteiger partial charge >= 0.3 is 5.97 Å². The van der Waals surface area contributed by atoms with Crippen molar-refractivity contribution in [3.63, 3.8) is 0 Å². The van der Waals surface area contributed by atoms with Crippen molar-refractivity contribution in [2.45, 2.75) is 12.8 Å². The molecule has 3 nitrogen and oxygen atoms in total. The van der Waals surface area contributed by atoms with Crippen molar-refractivity contribution in [3.8, 4) is 5.75 Å². The molecular formula is C18H16O3. The number of allylic oxidation sites excluding steroid dienone is 1. The number of methoxy groups -OCH3 is 1. The third-order valence-electron chi connectivity index (χ3n) is 3.81. The van der Waals surface area contributed by atoms with Gasteiger partial charge in [-0.3, -0.25) is 0 Å². The number of aryl methyl sites for hydroxylation is 1. The van der Waals surface area contributed by atoms with E-state index in [2.05, 4.69) is 6.08 Å². The van der Waals surface area contributed by atoms with Gasteiger partial charge in [-0.05, 0) is 59.4 Å². The maximum atomic E-state index is 11.2. The first-order valence-corrected chi connectivity index (χ1v) is 6.90. The van der Waals surface area contributed by atoms with Crippen LogP contribution in [0.25, 0.3) is 5.57 Å². The van der Waals surface area contributed by atoms with Crippen LogP contribution in [0.4, 0.5) is 0 Å². The highest BCUT2D eigenvalue weighted by atomic mass is 16.5. The van der Waals surface area contributed by atoms with Gasteiger partial charge in [0, 0.05) is 0 Å². The molecule has 1 N–H and O–H groups in total. The second-order valence-electron chi connectivity index (χ2n) is 5.06. The van der Waals surface area contributed by atoms with Gasteiger partial charge in [-0.15, -0.1) is 0 Å². The Morgan fingerprint density at radius 2 is 1.90 bits per heavy atom. The van der Waals surface area contributed by atoms with Crippen LogP contribution >= 0.6 is 0 Å². The monoisotopic (exact) mass is 280 g/mol. The van der Waals surface area contributed by atoms with E-state index in [1.165, 1.54) is 5.56 Å². The maximum Gasteiger partial charge on any atom is 0.335 e. The topological polar surface area (TPSA) is 46.5 Å². The van der Waals surface area contributed by atoms with Crippen LogP contribution in [0.3, 0.4) is 0 Å². The fourth-order valence-corrected chi connectivity index (χ4v) is 2.70. The Kier molecular flexibility index (Phi) is 3.48. The van der Waals surface area contributed by atoms with E-state index in [1.54, 1.807) is 19.2 Å². The molecule has 2 aromatic rings. The second-order valence-corrected chi connectivity index (χ2v) is 5.06. The van der Waals surface area contributed by atoms with Gasteiger partial charge < -0.3 is 9.84 Å². The minimum atomic E-state index is -0.891.